The van der Waals surface area contributed by atoms with Gasteiger partial charge in [0.25, 0.3) is 0 Å². The zero-order valence-electron chi connectivity index (χ0n) is 17.0. The molecule has 3 aromatic rings. The van der Waals surface area contributed by atoms with Crippen molar-refractivity contribution in [2.45, 2.75) is 26.2 Å². The summed E-state index contributed by atoms with van der Waals surface area (Å²) in [6.07, 6.45) is 2.45. The minimum absolute atomic E-state index is 0.00221. The van der Waals surface area contributed by atoms with Crippen LogP contribution in [0.3, 0.4) is 0 Å². The van der Waals surface area contributed by atoms with Crippen LogP contribution in [0, 0.1) is 11.7 Å². The Hall–Kier alpha value is -3.28. The second-order valence-electron chi connectivity index (χ2n) is 7.54. The van der Waals surface area contributed by atoms with Crippen LogP contribution in [0.4, 0.5) is 15.9 Å². The normalized spacial score (nSPS) is 14.5. The Kier molecular flexibility index (Phi) is 6.02. The molecule has 0 unspecified atom stereocenters. The Labute approximate surface area is 176 Å². The summed E-state index contributed by atoms with van der Waals surface area (Å²) in [6, 6.07) is 18.0. The van der Waals surface area contributed by atoms with Gasteiger partial charge in [0, 0.05) is 30.3 Å². The number of aryl methyl sites for hydroxylation is 1. The Bertz CT molecular complexity index is 996. The Morgan fingerprint density at radius 3 is 2.43 bits per heavy atom. The summed E-state index contributed by atoms with van der Waals surface area (Å²) in [7, 11) is 0. The van der Waals surface area contributed by atoms with Gasteiger partial charge in [-0.2, -0.15) is 0 Å². The molecule has 0 bridgehead atoms. The van der Waals surface area contributed by atoms with Crippen LogP contribution in [0.5, 0.6) is 0 Å². The van der Waals surface area contributed by atoms with Crippen LogP contribution >= 0.6 is 0 Å². The Morgan fingerprint density at radius 2 is 1.77 bits per heavy atom. The maximum absolute atomic E-state index is 13.1. The van der Waals surface area contributed by atoms with Gasteiger partial charge in [0.15, 0.2) is 5.82 Å². The van der Waals surface area contributed by atoms with Gasteiger partial charge in [-0.3, -0.25) is 4.79 Å². The maximum atomic E-state index is 13.1. The number of benzene rings is 2. The van der Waals surface area contributed by atoms with E-state index in [1.165, 1.54) is 12.1 Å². The predicted octanol–water partition coefficient (Wildman–Crippen LogP) is 4.70. The number of anilines is 2. The molecule has 1 aliphatic rings. The van der Waals surface area contributed by atoms with E-state index in [0.717, 1.165) is 55.0 Å². The van der Waals surface area contributed by atoms with E-state index < -0.39 is 0 Å². The third-order valence-corrected chi connectivity index (χ3v) is 5.64. The van der Waals surface area contributed by atoms with Crippen LogP contribution < -0.4 is 10.2 Å². The van der Waals surface area contributed by atoms with Crippen molar-refractivity contribution in [2.75, 3.05) is 23.3 Å². The number of amides is 1. The number of hydrogen-bond donors (Lipinski definition) is 1. The molecule has 1 aromatic heterocycles. The van der Waals surface area contributed by atoms with Crippen LogP contribution in [-0.2, 0) is 11.2 Å². The van der Waals surface area contributed by atoms with Crippen LogP contribution in [-0.4, -0.2) is 29.2 Å². The highest BCUT2D eigenvalue weighted by molar-refractivity contribution is 5.93. The molecule has 1 fully saturated rings. The number of nitrogens with zero attached hydrogens (tertiary/aromatic N) is 3. The molecule has 30 heavy (non-hydrogen) atoms. The lowest BCUT2D eigenvalue weighted by Gasteiger charge is -2.32. The van der Waals surface area contributed by atoms with Gasteiger partial charge in [-0.15, -0.1) is 10.2 Å². The molecule has 0 atom stereocenters. The summed E-state index contributed by atoms with van der Waals surface area (Å²) in [5.41, 5.74) is 3.61. The van der Waals surface area contributed by atoms with Crippen molar-refractivity contribution in [1.29, 1.82) is 0 Å². The van der Waals surface area contributed by atoms with E-state index in [2.05, 4.69) is 27.3 Å². The molecule has 5 nitrogen and oxygen atoms in total. The number of nitrogens with one attached hydrogen (secondary N) is 1. The first-order chi connectivity index (χ1) is 14.6. The number of carbonyl (C=O) groups excluding carboxylic acids is 1. The summed E-state index contributed by atoms with van der Waals surface area (Å²) in [4.78, 5) is 14.9. The topological polar surface area (TPSA) is 58.1 Å². The molecule has 0 aliphatic carbocycles. The highest BCUT2D eigenvalue weighted by Crippen LogP contribution is 2.25. The van der Waals surface area contributed by atoms with E-state index in [1.807, 2.05) is 36.4 Å². The average Bonchev–Trinajstić information content (AvgIpc) is 2.80. The van der Waals surface area contributed by atoms with E-state index in [9.17, 15) is 9.18 Å². The third kappa shape index (κ3) is 4.48. The smallest absolute Gasteiger partial charge is 0.227 e. The van der Waals surface area contributed by atoms with E-state index >= 15 is 0 Å². The molecule has 2 aromatic carbocycles. The lowest BCUT2D eigenvalue weighted by Crippen LogP contribution is -2.38. The second-order valence-corrected chi connectivity index (χ2v) is 7.54. The molecule has 154 valence electrons. The highest BCUT2D eigenvalue weighted by atomic mass is 19.1. The van der Waals surface area contributed by atoms with Gasteiger partial charge in [0.1, 0.15) is 5.82 Å². The fourth-order valence-corrected chi connectivity index (χ4v) is 3.82. The first kappa shape index (κ1) is 20.0. The van der Waals surface area contributed by atoms with Crippen molar-refractivity contribution in [3.8, 4) is 11.3 Å². The van der Waals surface area contributed by atoms with Gasteiger partial charge >= 0.3 is 0 Å². The number of aromatic nitrogens is 2. The van der Waals surface area contributed by atoms with Gasteiger partial charge in [0.2, 0.25) is 5.91 Å². The van der Waals surface area contributed by atoms with Crippen molar-refractivity contribution >= 4 is 17.4 Å². The lowest BCUT2D eigenvalue weighted by molar-refractivity contribution is -0.120. The SMILES string of the molecule is CCc1ccccc1NC(=O)C1CCN(c2ccc(-c3ccc(F)cc3)nn2)CC1. The molecule has 1 amide bonds. The van der Waals surface area contributed by atoms with Crippen LogP contribution in [0.1, 0.15) is 25.3 Å². The number of rotatable bonds is 5. The van der Waals surface area contributed by atoms with Crippen molar-refractivity contribution in [3.05, 3.63) is 72.0 Å². The molecule has 4 rings (SSSR count). The Balaban J connectivity index is 1.35. The van der Waals surface area contributed by atoms with Gasteiger partial charge in [-0.05, 0) is 67.3 Å². The van der Waals surface area contributed by atoms with Crippen LogP contribution in [0.2, 0.25) is 0 Å². The average molecular weight is 404 g/mol. The summed E-state index contributed by atoms with van der Waals surface area (Å²) >= 11 is 0. The molecule has 1 N–H and O–H groups in total. The van der Waals surface area contributed by atoms with Crippen molar-refractivity contribution in [3.63, 3.8) is 0 Å². The zero-order valence-corrected chi connectivity index (χ0v) is 17.0. The quantitative estimate of drug-likeness (QED) is 0.670. The molecule has 1 aliphatic heterocycles. The minimum atomic E-state index is -0.270. The van der Waals surface area contributed by atoms with Gasteiger partial charge in [0.05, 0.1) is 5.69 Å². The lowest BCUT2D eigenvalue weighted by atomic mass is 9.95. The predicted molar refractivity (Wildman–Crippen MR) is 117 cm³/mol. The third-order valence-electron chi connectivity index (χ3n) is 5.64. The molecule has 2 heterocycles. The maximum Gasteiger partial charge on any atom is 0.227 e. The molecular formula is C24H25FN4O. The van der Waals surface area contributed by atoms with Crippen LogP contribution in [0.25, 0.3) is 11.3 Å². The number of hydrogen-bond acceptors (Lipinski definition) is 4. The van der Waals surface area contributed by atoms with Gasteiger partial charge < -0.3 is 10.2 Å². The van der Waals surface area contributed by atoms with Crippen molar-refractivity contribution < 1.29 is 9.18 Å². The molecule has 1 saturated heterocycles. The summed E-state index contributed by atoms with van der Waals surface area (Å²) in [6.45, 7) is 3.61. The summed E-state index contributed by atoms with van der Waals surface area (Å²) in [5.74, 6) is 0.621. The number of piperidine rings is 1. The molecule has 0 saturated carbocycles. The number of para-hydroxylation sites is 1. The first-order valence-electron chi connectivity index (χ1n) is 10.4. The van der Waals surface area contributed by atoms with Gasteiger partial charge in [-0.1, -0.05) is 25.1 Å². The molecule has 0 radical (unpaired) electrons. The minimum Gasteiger partial charge on any atom is -0.355 e. The zero-order chi connectivity index (χ0) is 20.9. The van der Waals surface area contributed by atoms with E-state index in [4.69, 9.17) is 0 Å². The second kappa shape index (κ2) is 9.03. The summed E-state index contributed by atoms with van der Waals surface area (Å²) in [5, 5.41) is 11.7. The molecule has 6 heteroatoms. The van der Waals surface area contributed by atoms with E-state index in [1.54, 1.807) is 12.1 Å². The largest absolute Gasteiger partial charge is 0.355 e. The van der Waals surface area contributed by atoms with Gasteiger partial charge in [-0.25, -0.2) is 4.39 Å². The standard InChI is InChI=1S/C24H25FN4O/c1-2-17-5-3-4-6-21(17)26-24(30)19-13-15-29(16-14-19)23-12-11-22(27-28-23)18-7-9-20(25)10-8-18/h3-12,19H,2,13-16H2,1H3,(H,26,30). The fraction of sp³-hybridized carbons (Fsp3) is 0.292. The molecule has 0 spiro atoms. The Morgan fingerprint density at radius 1 is 1.03 bits per heavy atom. The van der Waals surface area contributed by atoms with E-state index in [0.29, 0.717) is 5.69 Å². The first-order valence-corrected chi connectivity index (χ1v) is 10.4. The number of halogens is 1. The highest BCUT2D eigenvalue weighted by Gasteiger charge is 2.26. The monoisotopic (exact) mass is 404 g/mol. The molecular weight excluding hydrogens is 379 g/mol. The fourth-order valence-electron chi connectivity index (χ4n) is 3.82. The van der Waals surface area contributed by atoms with Crippen molar-refractivity contribution in [1.82, 2.24) is 10.2 Å². The van der Waals surface area contributed by atoms with E-state index in [-0.39, 0.29) is 17.6 Å². The number of carbonyl (C=O) groups is 1. The van der Waals surface area contributed by atoms with Crippen molar-refractivity contribution in [2.24, 2.45) is 5.92 Å². The summed E-state index contributed by atoms with van der Waals surface area (Å²) < 4.78 is 13.1. The van der Waals surface area contributed by atoms with Crippen LogP contribution in [0.15, 0.2) is 60.7 Å².